The highest BCUT2D eigenvalue weighted by molar-refractivity contribution is 8.25. The Hall–Kier alpha value is -2.80. The van der Waals surface area contributed by atoms with Crippen LogP contribution in [0, 0.1) is 5.82 Å². The molecule has 12 heteroatoms. The predicted molar refractivity (Wildman–Crippen MR) is 125 cm³/mol. The molecule has 0 saturated carbocycles. The second-order valence-electron chi connectivity index (χ2n) is 7.75. The summed E-state index contributed by atoms with van der Waals surface area (Å²) in [6.45, 7) is 0.204. The lowest BCUT2D eigenvalue weighted by Crippen LogP contribution is -2.35. The summed E-state index contributed by atoms with van der Waals surface area (Å²) in [4.78, 5) is 21.4. The second-order valence-corrected chi connectivity index (χ2v) is 11.9. The molecule has 1 aromatic carbocycles. The van der Waals surface area contributed by atoms with Crippen molar-refractivity contribution >= 4 is 43.2 Å². The molecule has 3 heterocycles. The van der Waals surface area contributed by atoms with Crippen molar-refractivity contribution in [1.29, 1.82) is 0 Å². The molecule has 1 fully saturated rings. The van der Waals surface area contributed by atoms with Crippen molar-refractivity contribution in [3.8, 4) is 0 Å². The van der Waals surface area contributed by atoms with Gasteiger partial charge in [0.1, 0.15) is 11.5 Å². The van der Waals surface area contributed by atoms with Gasteiger partial charge in [0.2, 0.25) is 0 Å². The van der Waals surface area contributed by atoms with Crippen molar-refractivity contribution in [3.63, 3.8) is 0 Å². The number of benzene rings is 1. The van der Waals surface area contributed by atoms with Crippen molar-refractivity contribution in [2.75, 3.05) is 22.9 Å². The van der Waals surface area contributed by atoms with Crippen LogP contribution in [0.1, 0.15) is 28.9 Å². The third-order valence-electron chi connectivity index (χ3n) is 5.30. The van der Waals surface area contributed by atoms with Crippen molar-refractivity contribution < 1.29 is 26.7 Å². The lowest BCUT2D eigenvalue weighted by molar-refractivity contribution is 0.0945. The van der Waals surface area contributed by atoms with E-state index in [1.54, 1.807) is 18.3 Å². The van der Waals surface area contributed by atoms with Gasteiger partial charge in [0.25, 0.3) is 5.91 Å². The molecule has 0 spiro atoms. The van der Waals surface area contributed by atoms with Gasteiger partial charge in [-0.25, -0.2) is 17.8 Å². The van der Waals surface area contributed by atoms with Gasteiger partial charge < -0.3 is 5.32 Å². The number of halogens is 1. The molecule has 2 aromatic heterocycles. The summed E-state index contributed by atoms with van der Waals surface area (Å²) in [7, 11) is -6.79. The second kappa shape index (κ2) is 8.86. The Morgan fingerprint density at radius 1 is 1.24 bits per heavy atom. The summed E-state index contributed by atoms with van der Waals surface area (Å²) >= 11 is 0. The van der Waals surface area contributed by atoms with Crippen molar-refractivity contribution in [3.05, 3.63) is 59.7 Å². The number of aromatic nitrogens is 2. The van der Waals surface area contributed by atoms with E-state index < -0.39 is 32.3 Å². The maximum Gasteiger partial charge on any atom is 0.270 e. The van der Waals surface area contributed by atoms with Crippen LogP contribution in [0.4, 0.5) is 10.2 Å². The molecule has 4 rings (SSSR count). The Morgan fingerprint density at radius 3 is 2.76 bits per heavy atom. The first-order valence-corrected chi connectivity index (χ1v) is 13.7. The van der Waals surface area contributed by atoms with E-state index in [2.05, 4.69) is 15.3 Å². The normalized spacial score (nSPS) is 17.0. The highest BCUT2D eigenvalue weighted by Gasteiger charge is 2.30. The van der Waals surface area contributed by atoms with E-state index in [1.165, 1.54) is 16.4 Å². The summed E-state index contributed by atoms with van der Waals surface area (Å²) < 4.78 is 60.1. The number of pyridine rings is 2. The molecule has 3 N–H and O–H groups in total. The molecule has 1 amide bonds. The summed E-state index contributed by atoms with van der Waals surface area (Å²) in [6.07, 6.45) is 3.94. The molecule has 0 atom stereocenters. The van der Waals surface area contributed by atoms with Gasteiger partial charge in [-0.05, 0) is 48.7 Å². The number of anilines is 1. The van der Waals surface area contributed by atoms with Gasteiger partial charge in [0.15, 0.2) is 15.7 Å². The fraction of sp³-hybridized carbons (Fsp3) is 0.286. The fourth-order valence-corrected chi connectivity index (χ4v) is 6.29. The lowest BCUT2D eigenvalue weighted by Gasteiger charge is -2.46. The van der Waals surface area contributed by atoms with Gasteiger partial charge in [-0.3, -0.25) is 23.2 Å². The average Bonchev–Trinajstić information content (AvgIpc) is 2.76. The number of fused-ring (bicyclic) bond motifs is 1. The average molecular weight is 495 g/mol. The van der Waals surface area contributed by atoms with Gasteiger partial charge >= 0.3 is 0 Å². The Balaban J connectivity index is 1.68. The Morgan fingerprint density at radius 2 is 2.03 bits per heavy atom. The number of carbonyl (C=O) groups is 1. The summed E-state index contributed by atoms with van der Waals surface area (Å²) in [5.74, 6) is -0.839. The number of carbonyl (C=O) groups excluding carboxylic acids is 1. The van der Waals surface area contributed by atoms with Crippen LogP contribution in [-0.2, 0) is 16.4 Å². The van der Waals surface area contributed by atoms with E-state index in [0.717, 1.165) is 24.8 Å². The van der Waals surface area contributed by atoms with Crippen molar-refractivity contribution in [1.82, 2.24) is 15.3 Å². The van der Waals surface area contributed by atoms with Crippen molar-refractivity contribution in [2.24, 2.45) is 0 Å². The van der Waals surface area contributed by atoms with E-state index in [4.69, 9.17) is 0 Å². The van der Waals surface area contributed by atoms with E-state index in [0.29, 0.717) is 23.9 Å². The third kappa shape index (κ3) is 4.93. The summed E-state index contributed by atoms with van der Waals surface area (Å²) in [5.41, 5.74) is 0.670. The molecule has 1 saturated heterocycles. The predicted octanol–water partition coefficient (Wildman–Crippen LogP) is 3.37. The molecule has 176 valence electrons. The van der Waals surface area contributed by atoms with Gasteiger partial charge in [-0.2, -0.15) is 0 Å². The van der Waals surface area contributed by atoms with Gasteiger partial charge in [-0.1, -0.05) is 6.07 Å². The van der Waals surface area contributed by atoms with E-state index >= 15 is 0 Å². The largest absolute Gasteiger partial charge is 0.347 e. The molecule has 0 aliphatic carbocycles. The summed E-state index contributed by atoms with van der Waals surface area (Å²) in [6, 6.07) is 8.25. The van der Waals surface area contributed by atoms with Crippen LogP contribution in [0.15, 0.2) is 47.5 Å². The molecule has 1 aliphatic heterocycles. The van der Waals surface area contributed by atoms with E-state index in [9.17, 15) is 26.7 Å². The highest BCUT2D eigenvalue weighted by Crippen LogP contribution is 2.50. The van der Waals surface area contributed by atoms with Crippen LogP contribution in [0.5, 0.6) is 0 Å². The Bertz CT molecular complexity index is 1330. The zero-order valence-electron chi connectivity index (χ0n) is 17.7. The molecule has 3 aromatic rings. The molecular formula is C21H23FN4O5S2. The number of hydrogen-bond acceptors (Lipinski definition) is 8. The number of rotatable bonds is 5. The zero-order chi connectivity index (χ0) is 23.8. The third-order valence-corrected chi connectivity index (χ3v) is 8.38. The standard InChI is InChI=1S/C21H23FN4O5S2/c1-32(28,29)19-11-15(22)7-6-14(19)13-24-21(27)18-12-17-16(5-4-8-23-17)20(25-18)26-9-2-3-10-33(26,30)31/h4-8,11-12,30-31H,2-3,9-10,13H2,1H3,(H,24,27). The first-order valence-electron chi connectivity index (χ1n) is 10.1. The minimum Gasteiger partial charge on any atom is -0.347 e. The molecule has 1 aliphatic rings. The van der Waals surface area contributed by atoms with Crippen LogP contribution in [0.2, 0.25) is 0 Å². The molecule has 0 radical (unpaired) electrons. The topological polar surface area (TPSA) is 133 Å². The quantitative estimate of drug-likeness (QED) is 0.492. The maximum atomic E-state index is 13.6. The minimum absolute atomic E-state index is 0.0139. The van der Waals surface area contributed by atoms with Crippen LogP contribution in [-0.4, -0.2) is 52.0 Å². The lowest BCUT2D eigenvalue weighted by atomic mass is 10.2. The van der Waals surface area contributed by atoms with Gasteiger partial charge in [0.05, 0.1) is 16.2 Å². The molecule has 33 heavy (non-hydrogen) atoms. The van der Waals surface area contributed by atoms with Gasteiger partial charge in [0, 0.05) is 30.9 Å². The van der Waals surface area contributed by atoms with Gasteiger partial charge in [-0.15, -0.1) is 10.8 Å². The first kappa shape index (κ1) is 23.4. The molecule has 0 unspecified atom stereocenters. The van der Waals surface area contributed by atoms with E-state index in [-0.39, 0.29) is 34.3 Å². The fourth-order valence-electron chi connectivity index (χ4n) is 3.70. The number of nitrogens with zero attached hydrogens (tertiary/aromatic N) is 3. The highest BCUT2D eigenvalue weighted by atomic mass is 32.3. The smallest absolute Gasteiger partial charge is 0.270 e. The number of hydrogen-bond donors (Lipinski definition) is 3. The number of amides is 1. The molecule has 0 bridgehead atoms. The molecule has 9 nitrogen and oxygen atoms in total. The number of nitrogens with one attached hydrogen (secondary N) is 1. The SMILES string of the molecule is CS(=O)(=O)c1cc(F)ccc1CNC(=O)c1cc2ncccc2c(N2CCCCS2(O)O)n1. The van der Waals surface area contributed by atoms with Crippen LogP contribution in [0.25, 0.3) is 10.9 Å². The van der Waals surface area contributed by atoms with E-state index in [1.807, 2.05) is 0 Å². The zero-order valence-corrected chi connectivity index (χ0v) is 19.4. The Labute approximate surface area is 192 Å². The van der Waals surface area contributed by atoms with Crippen molar-refractivity contribution in [2.45, 2.75) is 24.3 Å². The van der Waals surface area contributed by atoms with Crippen LogP contribution in [0.3, 0.4) is 0 Å². The first-order chi connectivity index (χ1) is 15.6. The summed E-state index contributed by atoms with van der Waals surface area (Å²) in [5, 5.41) is 3.19. The maximum absolute atomic E-state index is 13.6. The molecular weight excluding hydrogens is 471 g/mol. The van der Waals surface area contributed by atoms with Crippen LogP contribution >= 0.6 is 10.8 Å². The number of sulfone groups is 1. The minimum atomic E-state index is -3.71. The van der Waals surface area contributed by atoms with Crippen LogP contribution < -0.4 is 9.62 Å². The Kier molecular flexibility index (Phi) is 6.27. The monoisotopic (exact) mass is 494 g/mol.